The highest BCUT2D eigenvalue weighted by Gasteiger charge is 2.27. The number of nitrogens with zero attached hydrogens (tertiary/aromatic N) is 2. The number of rotatable bonds is 2. The van der Waals surface area contributed by atoms with Crippen molar-refractivity contribution in [3.8, 4) is 0 Å². The topological polar surface area (TPSA) is 46.4 Å². The number of hydrogen-bond donors (Lipinski definition) is 0. The molecule has 0 aromatic heterocycles. The number of nitro benzene ring substituents is 1. The summed E-state index contributed by atoms with van der Waals surface area (Å²) < 4.78 is 0.747. The molecule has 4 nitrogen and oxygen atoms in total. The lowest BCUT2D eigenvalue weighted by Crippen LogP contribution is -2.38. The molecule has 2 unspecified atom stereocenters. The van der Waals surface area contributed by atoms with Crippen molar-refractivity contribution < 1.29 is 4.92 Å². The Balaban J connectivity index is 2.30. The van der Waals surface area contributed by atoms with E-state index < -0.39 is 0 Å². The summed E-state index contributed by atoms with van der Waals surface area (Å²) in [5, 5.41) is 11.1. The van der Waals surface area contributed by atoms with Crippen molar-refractivity contribution in [1.29, 1.82) is 0 Å². The van der Waals surface area contributed by atoms with Crippen LogP contribution in [0.2, 0.25) is 0 Å². The molecule has 1 fully saturated rings. The van der Waals surface area contributed by atoms with E-state index in [1.165, 1.54) is 0 Å². The molecule has 1 saturated heterocycles. The van der Waals surface area contributed by atoms with Gasteiger partial charge in [-0.1, -0.05) is 29.8 Å². The molecule has 1 aromatic rings. The van der Waals surface area contributed by atoms with E-state index in [0.29, 0.717) is 11.8 Å². The monoisotopic (exact) mass is 312 g/mol. The Morgan fingerprint density at radius 2 is 2.11 bits per heavy atom. The first-order chi connectivity index (χ1) is 8.49. The first-order valence-corrected chi connectivity index (χ1v) is 6.97. The van der Waals surface area contributed by atoms with Crippen LogP contribution in [0.25, 0.3) is 0 Å². The quantitative estimate of drug-likeness (QED) is 0.615. The molecule has 5 heteroatoms. The number of anilines is 1. The van der Waals surface area contributed by atoms with Gasteiger partial charge in [0.2, 0.25) is 0 Å². The second kappa shape index (κ2) is 5.26. The zero-order chi connectivity index (χ0) is 13.3. The van der Waals surface area contributed by atoms with Crippen molar-refractivity contribution in [3.05, 3.63) is 32.8 Å². The molecule has 1 heterocycles. The van der Waals surface area contributed by atoms with Gasteiger partial charge in [0, 0.05) is 23.6 Å². The minimum atomic E-state index is -0.303. The summed E-state index contributed by atoms with van der Waals surface area (Å²) in [6.45, 7) is 6.25. The maximum Gasteiger partial charge on any atom is 0.293 e. The Morgan fingerprint density at radius 1 is 1.39 bits per heavy atom. The molecule has 0 aliphatic carbocycles. The SMILES string of the molecule is CC1CCN(c2ccc(Br)cc2[N+](=O)[O-])CC1C. The van der Waals surface area contributed by atoms with Crippen LogP contribution in [0.3, 0.4) is 0 Å². The van der Waals surface area contributed by atoms with Crippen LogP contribution in [0, 0.1) is 22.0 Å². The molecular weight excluding hydrogens is 296 g/mol. The molecule has 1 aromatic carbocycles. The molecule has 1 aliphatic rings. The number of hydrogen-bond acceptors (Lipinski definition) is 3. The Hall–Kier alpha value is -1.10. The molecule has 0 radical (unpaired) electrons. The van der Waals surface area contributed by atoms with Crippen LogP contribution < -0.4 is 4.90 Å². The van der Waals surface area contributed by atoms with E-state index in [1.54, 1.807) is 6.07 Å². The summed E-state index contributed by atoms with van der Waals surface area (Å²) in [5.41, 5.74) is 0.924. The smallest absolute Gasteiger partial charge is 0.293 e. The van der Waals surface area contributed by atoms with Crippen LogP contribution in [0.5, 0.6) is 0 Å². The van der Waals surface area contributed by atoms with Crippen molar-refractivity contribution in [2.75, 3.05) is 18.0 Å². The Labute approximate surface area is 115 Å². The second-order valence-electron chi connectivity index (χ2n) is 5.08. The van der Waals surface area contributed by atoms with Crippen LogP contribution in [0.4, 0.5) is 11.4 Å². The third kappa shape index (κ3) is 2.66. The van der Waals surface area contributed by atoms with Gasteiger partial charge < -0.3 is 4.90 Å². The molecule has 98 valence electrons. The third-order valence-corrected chi connectivity index (χ3v) is 4.30. The molecule has 2 rings (SSSR count). The highest BCUT2D eigenvalue weighted by molar-refractivity contribution is 9.10. The van der Waals surface area contributed by atoms with Gasteiger partial charge in [0.15, 0.2) is 0 Å². The lowest BCUT2D eigenvalue weighted by Gasteiger charge is -2.36. The van der Waals surface area contributed by atoms with Gasteiger partial charge in [-0.3, -0.25) is 10.1 Å². The first-order valence-electron chi connectivity index (χ1n) is 6.18. The van der Waals surface area contributed by atoms with Crippen LogP contribution in [0.1, 0.15) is 20.3 Å². The van der Waals surface area contributed by atoms with Crippen molar-refractivity contribution in [2.24, 2.45) is 11.8 Å². The number of benzene rings is 1. The van der Waals surface area contributed by atoms with Gasteiger partial charge in [-0.15, -0.1) is 0 Å². The molecule has 2 atom stereocenters. The fourth-order valence-corrected chi connectivity index (χ4v) is 2.74. The standard InChI is InChI=1S/C13H17BrN2O2/c1-9-5-6-15(8-10(9)2)12-4-3-11(14)7-13(12)16(17)18/h3-4,7,9-10H,5-6,8H2,1-2H3. The fourth-order valence-electron chi connectivity index (χ4n) is 2.39. The van der Waals surface area contributed by atoms with Gasteiger partial charge in [-0.05, 0) is 30.4 Å². The lowest BCUT2D eigenvalue weighted by atomic mass is 9.88. The van der Waals surface area contributed by atoms with E-state index in [-0.39, 0.29) is 10.6 Å². The zero-order valence-electron chi connectivity index (χ0n) is 10.6. The zero-order valence-corrected chi connectivity index (χ0v) is 12.2. The number of piperidine rings is 1. The summed E-state index contributed by atoms with van der Waals surface area (Å²) in [7, 11) is 0. The van der Waals surface area contributed by atoms with E-state index in [2.05, 4.69) is 34.7 Å². The predicted octanol–water partition coefficient (Wildman–Crippen LogP) is 3.84. The molecule has 18 heavy (non-hydrogen) atoms. The summed E-state index contributed by atoms with van der Waals surface area (Å²) in [6, 6.07) is 5.29. The molecule has 0 saturated carbocycles. The van der Waals surface area contributed by atoms with E-state index in [1.807, 2.05) is 12.1 Å². The maximum atomic E-state index is 11.1. The summed E-state index contributed by atoms with van der Waals surface area (Å²) in [4.78, 5) is 13.0. The summed E-state index contributed by atoms with van der Waals surface area (Å²) >= 11 is 3.29. The minimum Gasteiger partial charge on any atom is -0.366 e. The average molecular weight is 313 g/mol. The molecule has 0 spiro atoms. The minimum absolute atomic E-state index is 0.186. The van der Waals surface area contributed by atoms with Crippen molar-refractivity contribution in [1.82, 2.24) is 0 Å². The predicted molar refractivity (Wildman–Crippen MR) is 76.0 cm³/mol. The van der Waals surface area contributed by atoms with Gasteiger partial charge in [0.05, 0.1) is 4.92 Å². The Bertz CT molecular complexity index is 464. The van der Waals surface area contributed by atoms with Crippen LogP contribution in [-0.2, 0) is 0 Å². The van der Waals surface area contributed by atoms with Crippen LogP contribution in [0.15, 0.2) is 22.7 Å². The number of halogens is 1. The Morgan fingerprint density at radius 3 is 2.72 bits per heavy atom. The summed E-state index contributed by atoms with van der Waals surface area (Å²) in [5.74, 6) is 1.26. The average Bonchev–Trinajstić information content (AvgIpc) is 2.32. The maximum absolute atomic E-state index is 11.1. The normalized spacial score (nSPS) is 24.1. The van der Waals surface area contributed by atoms with E-state index in [9.17, 15) is 10.1 Å². The van der Waals surface area contributed by atoms with Crippen LogP contribution in [-0.4, -0.2) is 18.0 Å². The van der Waals surface area contributed by atoms with Gasteiger partial charge in [-0.25, -0.2) is 0 Å². The molecule has 0 bridgehead atoms. The van der Waals surface area contributed by atoms with Gasteiger partial charge >= 0.3 is 0 Å². The molecular formula is C13H17BrN2O2. The van der Waals surface area contributed by atoms with Crippen molar-refractivity contribution in [2.45, 2.75) is 20.3 Å². The molecule has 0 N–H and O–H groups in total. The Kier molecular flexibility index (Phi) is 3.90. The van der Waals surface area contributed by atoms with Crippen LogP contribution >= 0.6 is 15.9 Å². The third-order valence-electron chi connectivity index (χ3n) is 3.81. The van der Waals surface area contributed by atoms with Gasteiger partial charge in [0.25, 0.3) is 5.69 Å². The summed E-state index contributed by atoms with van der Waals surface area (Å²) in [6.07, 6.45) is 1.09. The van der Waals surface area contributed by atoms with Crippen molar-refractivity contribution in [3.63, 3.8) is 0 Å². The molecule has 0 amide bonds. The van der Waals surface area contributed by atoms with E-state index in [0.717, 1.165) is 29.7 Å². The highest BCUT2D eigenvalue weighted by atomic mass is 79.9. The molecule has 1 aliphatic heterocycles. The van der Waals surface area contributed by atoms with Gasteiger partial charge in [-0.2, -0.15) is 0 Å². The largest absolute Gasteiger partial charge is 0.366 e. The first kappa shape index (κ1) is 13.3. The lowest BCUT2D eigenvalue weighted by molar-refractivity contribution is -0.384. The van der Waals surface area contributed by atoms with E-state index in [4.69, 9.17) is 0 Å². The van der Waals surface area contributed by atoms with E-state index >= 15 is 0 Å². The highest BCUT2D eigenvalue weighted by Crippen LogP contribution is 2.34. The van der Waals surface area contributed by atoms with Gasteiger partial charge in [0.1, 0.15) is 5.69 Å². The van der Waals surface area contributed by atoms with Crippen molar-refractivity contribution >= 4 is 27.3 Å². The second-order valence-corrected chi connectivity index (χ2v) is 6.00. The number of nitro groups is 1. The fraction of sp³-hybridized carbons (Fsp3) is 0.538.